The van der Waals surface area contributed by atoms with Crippen LogP contribution in [0, 0.1) is 0 Å². The van der Waals surface area contributed by atoms with Crippen LogP contribution >= 0.6 is 0 Å². The first-order valence-electron chi connectivity index (χ1n) is 3.99. The van der Waals surface area contributed by atoms with Gasteiger partial charge in [0, 0.05) is 6.20 Å². The van der Waals surface area contributed by atoms with Gasteiger partial charge in [-0.2, -0.15) is 0 Å². The molecule has 0 radical (unpaired) electrons. The van der Waals surface area contributed by atoms with Crippen LogP contribution in [0.3, 0.4) is 0 Å². The number of nitrogens with two attached hydrogens (primary N) is 1. The highest BCUT2D eigenvalue weighted by Crippen LogP contribution is 2.17. The van der Waals surface area contributed by atoms with Crippen LogP contribution in [0.4, 0.5) is 0 Å². The summed E-state index contributed by atoms with van der Waals surface area (Å²) < 4.78 is 45.2. The third-order valence-corrected chi connectivity index (χ3v) is 4.47. The molecule has 0 aliphatic rings. The number of sulfone groups is 1. The molecule has 6 nitrogen and oxygen atoms in total. The van der Waals surface area contributed by atoms with Gasteiger partial charge in [-0.05, 0) is 12.1 Å². The maximum atomic E-state index is 11.5. The van der Waals surface area contributed by atoms with Crippen molar-refractivity contribution in [3.05, 3.63) is 18.3 Å². The minimum Gasteiger partial charge on any atom is -0.242 e. The molecule has 15 heavy (non-hydrogen) atoms. The Labute approximate surface area is 88.1 Å². The van der Waals surface area contributed by atoms with Crippen LogP contribution < -0.4 is 5.14 Å². The third kappa shape index (κ3) is 2.52. The topological polar surface area (TPSA) is 107 Å². The number of hydrogen-bond donors (Lipinski definition) is 1. The van der Waals surface area contributed by atoms with Gasteiger partial charge in [-0.15, -0.1) is 0 Å². The summed E-state index contributed by atoms with van der Waals surface area (Å²) in [4.78, 5) is 3.12. The number of aromatic nitrogens is 1. The molecular weight excluding hydrogens is 240 g/mol. The second kappa shape index (κ2) is 3.87. The zero-order chi connectivity index (χ0) is 11.7. The maximum absolute atomic E-state index is 11.5. The van der Waals surface area contributed by atoms with E-state index in [4.69, 9.17) is 5.14 Å². The lowest BCUT2D eigenvalue weighted by Crippen LogP contribution is -2.19. The first-order chi connectivity index (χ1) is 6.79. The van der Waals surface area contributed by atoms with Gasteiger partial charge in [-0.25, -0.2) is 27.0 Å². The van der Waals surface area contributed by atoms with Gasteiger partial charge in [0.05, 0.1) is 5.75 Å². The molecule has 0 bridgehead atoms. The highest BCUT2D eigenvalue weighted by Gasteiger charge is 2.23. The molecule has 0 saturated carbocycles. The minimum absolute atomic E-state index is 0.207. The van der Waals surface area contributed by atoms with Crippen LogP contribution in [-0.4, -0.2) is 27.6 Å². The molecule has 84 valence electrons. The van der Waals surface area contributed by atoms with E-state index in [2.05, 4.69) is 4.98 Å². The summed E-state index contributed by atoms with van der Waals surface area (Å²) in [5, 5.41) is 4.25. The Bertz CT molecular complexity index is 562. The average Bonchev–Trinajstić information content (AvgIpc) is 2.16. The summed E-state index contributed by atoms with van der Waals surface area (Å²) in [6.45, 7) is 1.41. The molecule has 0 aromatic carbocycles. The Kier molecular flexibility index (Phi) is 3.12. The van der Waals surface area contributed by atoms with Crippen molar-refractivity contribution in [3.63, 3.8) is 0 Å². The fourth-order valence-corrected chi connectivity index (χ4v) is 3.18. The fraction of sp³-hybridized carbons (Fsp3) is 0.286. The number of pyridine rings is 1. The van der Waals surface area contributed by atoms with Crippen molar-refractivity contribution in [3.8, 4) is 0 Å². The van der Waals surface area contributed by atoms with E-state index in [1.807, 2.05) is 0 Å². The van der Waals surface area contributed by atoms with Crippen molar-refractivity contribution < 1.29 is 16.8 Å². The van der Waals surface area contributed by atoms with Crippen molar-refractivity contribution in [2.75, 3.05) is 5.75 Å². The lowest BCUT2D eigenvalue weighted by molar-refractivity contribution is 0.579. The van der Waals surface area contributed by atoms with Crippen molar-refractivity contribution >= 4 is 19.9 Å². The number of hydrogen-bond acceptors (Lipinski definition) is 5. The quantitative estimate of drug-likeness (QED) is 0.779. The Morgan fingerprint density at radius 3 is 2.40 bits per heavy atom. The Balaban J connectivity index is 3.59. The van der Waals surface area contributed by atoms with Crippen molar-refractivity contribution in [1.29, 1.82) is 0 Å². The van der Waals surface area contributed by atoms with E-state index in [1.54, 1.807) is 0 Å². The van der Waals surface area contributed by atoms with Gasteiger partial charge in [-0.3, -0.25) is 0 Å². The van der Waals surface area contributed by atoms with E-state index in [9.17, 15) is 16.8 Å². The van der Waals surface area contributed by atoms with E-state index in [1.165, 1.54) is 25.3 Å². The average molecular weight is 250 g/mol. The summed E-state index contributed by atoms with van der Waals surface area (Å²) in [6.07, 6.45) is 1.18. The lowest BCUT2D eigenvalue weighted by atomic mass is 10.5. The predicted molar refractivity (Wildman–Crippen MR) is 53.3 cm³/mol. The second-order valence-corrected chi connectivity index (χ2v) is 6.48. The zero-order valence-corrected chi connectivity index (χ0v) is 9.55. The smallest absolute Gasteiger partial charge is 0.242 e. The second-order valence-electron chi connectivity index (χ2n) is 2.76. The standard InChI is InChI=1S/C7H10N2O4S2/c1-2-14(10,11)6-4-3-5-9-7(6)15(8,12)13/h3-5H,2H2,1H3,(H2,8,12,13). The van der Waals surface area contributed by atoms with Crippen LogP contribution in [0.1, 0.15) is 6.92 Å². The first-order valence-corrected chi connectivity index (χ1v) is 7.19. The molecule has 1 heterocycles. The molecule has 1 aromatic rings. The highest BCUT2D eigenvalue weighted by molar-refractivity contribution is 7.93. The van der Waals surface area contributed by atoms with E-state index < -0.39 is 24.9 Å². The molecular formula is C7H10N2O4S2. The van der Waals surface area contributed by atoms with E-state index in [0.717, 1.165) is 0 Å². The van der Waals surface area contributed by atoms with E-state index >= 15 is 0 Å². The van der Waals surface area contributed by atoms with Crippen LogP contribution in [0.2, 0.25) is 0 Å². The third-order valence-electron chi connectivity index (χ3n) is 1.72. The Morgan fingerprint density at radius 1 is 1.33 bits per heavy atom. The Hall–Kier alpha value is -0.990. The van der Waals surface area contributed by atoms with Gasteiger partial charge in [0.15, 0.2) is 14.9 Å². The highest BCUT2D eigenvalue weighted by atomic mass is 32.2. The molecule has 1 rings (SSSR count). The molecule has 0 unspecified atom stereocenters. The van der Waals surface area contributed by atoms with Crippen molar-refractivity contribution in [1.82, 2.24) is 4.98 Å². The van der Waals surface area contributed by atoms with Crippen LogP contribution in [-0.2, 0) is 19.9 Å². The summed E-state index contributed by atoms with van der Waals surface area (Å²) in [6, 6.07) is 2.52. The minimum atomic E-state index is -4.12. The van der Waals surface area contributed by atoms with E-state index in [0.29, 0.717) is 0 Å². The lowest BCUT2D eigenvalue weighted by Gasteiger charge is -2.05. The SMILES string of the molecule is CCS(=O)(=O)c1cccnc1S(N)(=O)=O. The Morgan fingerprint density at radius 2 is 1.93 bits per heavy atom. The predicted octanol–water partition coefficient (Wildman–Crippen LogP) is -0.477. The summed E-state index contributed by atoms with van der Waals surface area (Å²) >= 11 is 0. The largest absolute Gasteiger partial charge is 0.256 e. The maximum Gasteiger partial charge on any atom is 0.256 e. The van der Waals surface area contributed by atoms with Crippen molar-refractivity contribution in [2.24, 2.45) is 5.14 Å². The monoisotopic (exact) mass is 250 g/mol. The van der Waals surface area contributed by atoms with Crippen LogP contribution in [0.15, 0.2) is 28.3 Å². The number of sulfonamides is 1. The molecule has 2 N–H and O–H groups in total. The zero-order valence-electron chi connectivity index (χ0n) is 7.91. The van der Waals surface area contributed by atoms with Gasteiger partial charge in [0.1, 0.15) is 4.90 Å². The molecule has 8 heteroatoms. The summed E-state index contributed by atoms with van der Waals surface area (Å²) in [5.74, 6) is -0.207. The first kappa shape index (κ1) is 12.1. The summed E-state index contributed by atoms with van der Waals surface area (Å²) in [5.41, 5.74) is 0. The van der Waals surface area contributed by atoms with Gasteiger partial charge >= 0.3 is 0 Å². The number of primary sulfonamides is 1. The normalized spacial score (nSPS) is 12.7. The van der Waals surface area contributed by atoms with Gasteiger partial charge in [0.2, 0.25) is 0 Å². The van der Waals surface area contributed by atoms with Gasteiger partial charge < -0.3 is 0 Å². The molecule has 0 aliphatic carbocycles. The summed E-state index contributed by atoms with van der Waals surface area (Å²) in [7, 11) is -7.75. The molecule has 1 aromatic heterocycles. The van der Waals surface area contributed by atoms with Gasteiger partial charge in [-0.1, -0.05) is 6.92 Å². The number of rotatable bonds is 3. The number of nitrogens with zero attached hydrogens (tertiary/aromatic N) is 1. The molecule has 0 amide bonds. The molecule has 0 atom stereocenters. The van der Waals surface area contributed by atoms with Gasteiger partial charge in [0.25, 0.3) is 10.0 Å². The fourth-order valence-electron chi connectivity index (χ4n) is 0.982. The molecule has 0 saturated heterocycles. The molecule has 0 aliphatic heterocycles. The molecule has 0 fully saturated rings. The van der Waals surface area contributed by atoms with E-state index in [-0.39, 0.29) is 10.6 Å². The van der Waals surface area contributed by atoms with Crippen molar-refractivity contribution in [2.45, 2.75) is 16.8 Å². The van der Waals surface area contributed by atoms with Crippen LogP contribution in [0.5, 0.6) is 0 Å². The van der Waals surface area contributed by atoms with Crippen LogP contribution in [0.25, 0.3) is 0 Å². The molecule has 0 spiro atoms.